The number of aromatic nitrogens is 5. The summed E-state index contributed by atoms with van der Waals surface area (Å²) in [6, 6.07) is 47.7. The monoisotopic (exact) mass is 621 g/mol. The summed E-state index contributed by atoms with van der Waals surface area (Å²) in [7, 11) is 3.61. The van der Waals surface area contributed by atoms with Crippen molar-refractivity contribution in [2.24, 2.45) is 14.1 Å². The lowest BCUT2D eigenvalue weighted by molar-refractivity contribution is 0.795. The molecule has 6 nitrogen and oxygen atoms in total. The maximum atomic E-state index is 12.5. The first kappa shape index (κ1) is 29.0. The topological polar surface area (TPSA) is 65.6 Å². The molecule has 8 rings (SSSR count). The van der Waals surface area contributed by atoms with Gasteiger partial charge in [0.2, 0.25) is 0 Å². The van der Waals surface area contributed by atoms with Gasteiger partial charge in [0.1, 0.15) is 0 Å². The molecule has 3 aromatic heterocycles. The van der Waals surface area contributed by atoms with Gasteiger partial charge in [0, 0.05) is 48.7 Å². The molecule has 230 valence electrons. The molecular formula is C42H31N5O. The number of imidazole rings is 1. The van der Waals surface area contributed by atoms with E-state index < -0.39 is 0 Å². The van der Waals surface area contributed by atoms with Crippen LogP contribution in [-0.2, 0) is 14.1 Å². The van der Waals surface area contributed by atoms with Gasteiger partial charge < -0.3 is 0 Å². The molecule has 0 aliphatic carbocycles. The number of nitrogens with zero attached hydrogens (tertiary/aromatic N) is 5. The van der Waals surface area contributed by atoms with Crippen LogP contribution >= 0.6 is 0 Å². The Morgan fingerprint density at radius 2 is 0.896 bits per heavy atom. The number of benzene rings is 5. The smallest absolute Gasteiger partial charge is 0.295 e. The van der Waals surface area contributed by atoms with Crippen molar-refractivity contribution in [3.63, 3.8) is 0 Å². The van der Waals surface area contributed by atoms with Crippen molar-refractivity contribution in [1.29, 1.82) is 0 Å². The maximum Gasteiger partial charge on any atom is 0.328 e. The molecule has 3 heterocycles. The third kappa shape index (κ3) is 5.39. The van der Waals surface area contributed by atoms with E-state index in [1.54, 1.807) is 23.2 Å². The van der Waals surface area contributed by atoms with Gasteiger partial charge in [0.15, 0.2) is 5.82 Å². The standard InChI is InChI=1S/C42H31N5O/c1-46-39-22-21-34(24-40(39)47(2)42(46)48)30-17-19-32(20-18-30)37-25-38(45-41(44-37)33-11-7-4-8-12-33)36-23-35(26-43-27-36)31-15-13-29(14-16-31)28-9-5-3-6-10-28/h3-27H,1-2H3. The highest BCUT2D eigenvalue weighted by Crippen LogP contribution is 2.32. The summed E-state index contributed by atoms with van der Waals surface area (Å²) in [4.78, 5) is 27.1. The van der Waals surface area contributed by atoms with E-state index in [9.17, 15) is 4.79 Å². The Labute approximate surface area is 278 Å². The predicted octanol–water partition coefficient (Wildman–Crippen LogP) is 9.06. The predicted molar refractivity (Wildman–Crippen MR) is 194 cm³/mol. The number of hydrogen-bond acceptors (Lipinski definition) is 4. The lowest BCUT2D eigenvalue weighted by Crippen LogP contribution is -2.19. The fourth-order valence-electron chi connectivity index (χ4n) is 6.20. The number of rotatable bonds is 6. The quantitative estimate of drug-likeness (QED) is 0.186. The summed E-state index contributed by atoms with van der Waals surface area (Å²) in [5.41, 5.74) is 12.8. The first-order valence-corrected chi connectivity index (χ1v) is 15.8. The number of aryl methyl sites for hydroxylation is 2. The van der Waals surface area contributed by atoms with Crippen molar-refractivity contribution in [3.8, 4) is 67.3 Å². The van der Waals surface area contributed by atoms with Gasteiger partial charge in [0.25, 0.3) is 0 Å². The van der Waals surface area contributed by atoms with Crippen LogP contribution in [0.15, 0.2) is 157 Å². The first-order chi connectivity index (χ1) is 23.5. The summed E-state index contributed by atoms with van der Waals surface area (Å²) in [6.45, 7) is 0. The normalized spacial score (nSPS) is 11.2. The van der Waals surface area contributed by atoms with Gasteiger partial charge in [0.05, 0.1) is 22.4 Å². The third-order valence-electron chi connectivity index (χ3n) is 8.90. The van der Waals surface area contributed by atoms with Crippen molar-refractivity contribution in [3.05, 3.63) is 162 Å². The van der Waals surface area contributed by atoms with E-state index in [-0.39, 0.29) is 5.69 Å². The van der Waals surface area contributed by atoms with Crippen LogP contribution in [0.3, 0.4) is 0 Å². The average molecular weight is 622 g/mol. The van der Waals surface area contributed by atoms with E-state index >= 15 is 0 Å². The Morgan fingerprint density at radius 1 is 0.417 bits per heavy atom. The minimum atomic E-state index is -0.0343. The van der Waals surface area contributed by atoms with E-state index in [1.165, 1.54) is 11.1 Å². The van der Waals surface area contributed by atoms with Gasteiger partial charge in [-0.1, -0.05) is 115 Å². The molecule has 0 unspecified atom stereocenters. The largest absolute Gasteiger partial charge is 0.328 e. The summed E-state index contributed by atoms with van der Waals surface area (Å²) < 4.78 is 3.36. The molecule has 0 radical (unpaired) electrons. The summed E-state index contributed by atoms with van der Waals surface area (Å²) in [6.07, 6.45) is 3.75. The van der Waals surface area contributed by atoms with E-state index in [2.05, 4.69) is 96.0 Å². The summed E-state index contributed by atoms with van der Waals surface area (Å²) in [5, 5.41) is 0. The molecule has 0 amide bonds. The zero-order chi connectivity index (χ0) is 32.6. The molecule has 0 saturated heterocycles. The highest BCUT2D eigenvalue weighted by Gasteiger charge is 2.13. The third-order valence-corrected chi connectivity index (χ3v) is 8.90. The highest BCUT2D eigenvalue weighted by atomic mass is 16.1. The Morgan fingerprint density at radius 3 is 1.56 bits per heavy atom. The van der Waals surface area contributed by atoms with Crippen LogP contribution in [0.2, 0.25) is 0 Å². The number of pyridine rings is 1. The molecule has 0 aliphatic heterocycles. The van der Waals surface area contributed by atoms with Gasteiger partial charge >= 0.3 is 5.69 Å². The molecule has 48 heavy (non-hydrogen) atoms. The average Bonchev–Trinajstić information content (AvgIpc) is 3.38. The Kier molecular flexibility index (Phi) is 7.31. The van der Waals surface area contributed by atoms with Gasteiger partial charge in [-0.25, -0.2) is 14.8 Å². The van der Waals surface area contributed by atoms with Gasteiger partial charge in [-0.15, -0.1) is 0 Å². The fourth-order valence-corrected chi connectivity index (χ4v) is 6.20. The van der Waals surface area contributed by atoms with Crippen LogP contribution in [0.25, 0.3) is 78.3 Å². The summed E-state index contributed by atoms with van der Waals surface area (Å²) in [5.74, 6) is 0.653. The molecule has 0 saturated carbocycles. The molecule has 0 aliphatic rings. The van der Waals surface area contributed by atoms with Crippen molar-refractivity contribution in [1.82, 2.24) is 24.1 Å². The Bertz CT molecular complexity index is 2460. The zero-order valence-corrected chi connectivity index (χ0v) is 26.6. The second-order valence-corrected chi connectivity index (χ2v) is 11.9. The molecule has 5 aromatic carbocycles. The fraction of sp³-hybridized carbons (Fsp3) is 0.0476. The first-order valence-electron chi connectivity index (χ1n) is 15.8. The minimum absolute atomic E-state index is 0.0343. The maximum absolute atomic E-state index is 12.5. The zero-order valence-electron chi connectivity index (χ0n) is 26.6. The van der Waals surface area contributed by atoms with Crippen LogP contribution in [0, 0.1) is 0 Å². The van der Waals surface area contributed by atoms with Crippen LogP contribution in [0.4, 0.5) is 0 Å². The van der Waals surface area contributed by atoms with Gasteiger partial charge in [-0.05, 0) is 52.1 Å². The van der Waals surface area contributed by atoms with Gasteiger partial charge in [-0.3, -0.25) is 14.1 Å². The molecule has 0 atom stereocenters. The lowest BCUT2D eigenvalue weighted by atomic mass is 9.99. The number of hydrogen-bond donors (Lipinski definition) is 0. The van der Waals surface area contributed by atoms with Crippen molar-refractivity contribution >= 4 is 11.0 Å². The SMILES string of the molecule is Cn1c(=O)n(C)c2cc(-c3ccc(-c4cc(-c5cncc(-c6ccc(-c7ccccc7)cc6)c5)nc(-c5ccccc5)n4)cc3)ccc21. The molecule has 6 heteroatoms. The molecule has 0 spiro atoms. The number of fused-ring (bicyclic) bond motifs is 1. The van der Waals surface area contributed by atoms with Crippen molar-refractivity contribution < 1.29 is 0 Å². The highest BCUT2D eigenvalue weighted by molar-refractivity contribution is 5.83. The van der Waals surface area contributed by atoms with Crippen molar-refractivity contribution in [2.75, 3.05) is 0 Å². The van der Waals surface area contributed by atoms with E-state index in [0.29, 0.717) is 5.82 Å². The van der Waals surface area contributed by atoms with Crippen LogP contribution in [0.5, 0.6) is 0 Å². The van der Waals surface area contributed by atoms with Crippen LogP contribution in [0.1, 0.15) is 0 Å². The van der Waals surface area contributed by atoms with E-state index in [1.807, 2.05) is 60.9 Å². The molecule has 0 bridgehead atoms. The van der Waals surface area contributed by atoms with E-state index in [4.69, 9.17) is 9.97 Å². The Balaban J connectivity index is 1.16. The van der Waals surface area contributed by atoms with Crippen LogP contribution in [-0.4, -0.2) is 24.1 Å². The summed E-state index contributed by atoms with van der Waals surface area (Å²) >= 11 is 0. The Hall–Kier alpha value is -6.40. The molecular weight excluding hydrogens is 590 g/mol. The second kappa shape index (κ2) is 12.1. The minimum Gasteiger partial charge on any atom is -0.295 e. The molecule has 0 N–H and O–H groups in total. The van der Waals surface area contributed by atoms with E-state index in [0.717, 1.165) is 61.4 Å². The lowest BCUT2D eigenvalue weighted by Gasteiger charge is -2.11. The molecule has 0 fully saturated rings. The van der Waals surface area contributed by atoms with Gasteiger partial charge in [-0.2, -0.15) is 0 Å². The van der Waals surface area contributed by atoms with Crippen LogP contribution < -0.4 is 5.69 Å². The van der Waals surface area contributed by atoms with Crippen molar-refractivity contribution in [2.45, 2.75) is 0 Å². The second-order valence-electron chi connectivity index (χ2n) is 11.9. The molecule has 8 aromatic rings.